The van der Waals surface area contributed by atoms with Gasteiger partial charge in [-0.15, -0.1) is 0 Å². The zero-order valence-electron chi connectivity index (χ0n) is 21.7. The fourth-order valence-corrected chi connectivity index (χ4v) is 7.93. The third-order valence-electron chi connectivity index (χ3n) is 7.62. The second-order valence-electron chi connectivity index (χ2n) is 10.2. The minimum absolute atomic E-state index is 0.0145. The Morgan fingerprint density at radius 1 is 0.816 bits per heavy atom. The molecule has 0 spiro atoms. The number of fused-ring (bicyclic) bond motifs is 1. The van der Waals surface area contributed by atoms with Gasteiger partial charge in [0.05, 0.1) is 21.3 Å². The number of benzene rings is 3. The molecule has 1 aromatic heterocycles. The van der Waals surface area contributed by atoms with Gasteiger partial charge in [0.15, 0.2) is 19.7 Å². The second-order valence-corrected chi connectivity index (χ2v) is 14.4. The quantitative estimate of drug-likeness (QED) is 0.284. The highest BCUT2D eigenvalue weighted by Gasteiger charge is 2.24. The number of aryl methyl sites for hydroxylation is 2. The van der Waals surface area contributed by atoms with Crippen LogP contribution in [0.25, 0.3) is 10.9 Å². The molecule has 1 fully saturated rings. The first-order chi connectivity index (χ1) is 18.2. The van der Waals surface area contributed by atoms with Crippen LogP contribution in [0.1, 0.15) is 24.0 Å². The number of likely N-dealkylation sites (tertiary alicyclic amines) is 1. The van der Waals surface area contributed by atoms with Crippen molar-refractivity contribution in [3.63, 3.8) is 0 Å². The summed E-state index contributed by atoms with van der Waals surface area (Å²) in [4.78, 5) is 3.07. The molecule has 3 aromatic carbocycles. The van der Waals surface area contributed by atoms with Crippen molar-refractivity contribution >= 4 is 30.6 Å². The van der Waals surface area contributed by atoms with E-state index >= 15 is 0 Å². The van der Waals surface area contributed by atoms with Gasteiger partial charge in [-0.2, -0.15) is 0 Å². The van der Waals surface area contributed by atoms with Crippen molar-refractivity contribution in [1.82, 2.24) is 9.47 Å². The van der Waals surface area contributed by atoms with Crippen molar-refractivity contribution in [2.24, 2.45) is 0 Å². The maximum Gasteiger partial charge on any atom is 0.180 e. The van der Waals surface area contributed by atoms with E-state index in [-0.39, 0.29) is 11.5 Å². The Balaban J connectivity index is 1.42. The third kappa shape index (κ3) is 5.87. The third-order valence-corrected chi connectivity index (χ3v) is 11.1. The van der Waals surface area contributed by atoms with Gasteiger partial charge in [-0.1, -0.05) is 42.5 Å². The molecule has 200 valence electrons. The molecule has 1 aliphatic heterocycles. The molecule has 4 aromatic rings. The Labute approximate surface area is 225 Å². The second kappa shape index (κ2) is 11.0. The molecule has 0 saturated carbocycles. The van der Waals surface area contributed by atoms with Crippen molar-refractivity contribution in [2.75, 3.05) is 25.1 Å². The standard InChI is InChI=1S/C30H34N2O4S2/c1-31-17-8-9-26(31)22-25-23-32(18-20-38(35,36)28-12-6-3-7-13-28)30-15-14-24(21-29(25)30)16-19-37(33,34)27-10-4-2-5-11-27/h2-7,10-15,21,23,26H,8-9,16-20,22H2,1H3/t26-/m1/s1. The molecule has 1 saturated heterocycles. The van der Waals surface area contributed by atoms with E-state index in [2.05, 4.69) is 24.2 Å². The van der Waals surface area contributed by atoms with E-state index in [9.17, 15) is 16.8 Å². The number of hydrogen-bond acceptors (Lipinski definition) is 5. The Hall–Kier alpha value is -2.94. The summed E-state index contributed by atoms with van der Waals surface area (Å²) in [6.07, 6.45) is 5.72. The van der Waals surface area contributed by atoms with Crippen LogP contribution in [0.4, 0.5) is 0 Å². The molecule has 0 aliphatic carbocycles. The van der Waals surface area contributed by atoms with Crippen LogP contribution in [0.3, 0.4) is 0 Å². The molecule has 0 bridgehead atoms. The van der Waals surface area contributed by atoms with E-state index < -0.39 is 19.7 Å². The first-order valence-corrected chi connectivity index (χ1v) is 16.4. The summed E-state index contributed by atoms with van der Waals surface area (Å²) in [6.45, 7) is 1.44. The Morgan fingerprint density at radius 3 is 2.05 bits per heavy atom. The summed E-state index contributed by atoms with van der Waals surface area (Å²) in [5, 5.41) is 1.08. The SMILES string of the molecule is CN1CCC[C@@H]1Cc1cn(CCS(=O)(=O)c2ccccc2)c2ccc(CCS(=O)(=O)c3ccccc3)cc12. The van der Waals surface area contributed by atoms with Gasteiger partial charge in [-0.3, -0.25) is 0 Å². The van der Waals surface area contributed by atoms with E-state index in [4.69, 9.17) is 0 Å². The normalized spacial score (nSPS) is 16.8. The number of hydrogen-bond donors (Lipinski definition) is 0. The summed E-state index contributed by atoms with van der Waals surface area (Å²) in [5.41, 5.74) is 3.13. The Morgan fingerprint density at radius 2 is 1.45 bits per heavy atom. The molecule has 6 nitrogen and oxygen atoms in total. The summed E-state index contributed by atoms with van der Waals surface area (Å²) < 4.78 is 53.6. The van der Waals surface area contributed by atoms with Gasteiger partial charge in [0.2, 0.25) is 0 Å². The lowest BCUT2D eigenvalue weighted by Gasteiger charge is -2.18. The summed E-state index contributed by atoms with van der Waals surface area (Å²) in [5.74, 6) is 0.0554. The van der Waals surface area contributed by atoms with E-state index in [1.165, 1.54) is 12.0 Å². The molecule has 1 atom stereocenters. The topological polar surface area (TPSA) is 76.5 Å². The molecule has 38 heavy (non-hydrogen) atoms. The van der Waals surface area contributed by atoms with Crippen molar-refractivity contribution in [1.29, 1.82) is 0 Å². The molecule has 0 radical (unpaired) electrons. The van der Waals surface area contributed by atoms with Crippen LogP contribution >= 0.6 is 0 Å². The first kappa shape index (κ1) is 26.7. The monoisotopic (exact) mass is 550 g/mol. The number of likely N-dealkylation sites (N-methyl/N-ethyl adjacent to an activating group) is 1. The largest absolute Gasteiger partial charge is 0.346 e. The molecule has 2 heterocycles. The van der Waals surface area contributed by atoms with Crippen LogP contribution in [-0.4, -0.2) is 57.4 Å². The van der Waals surface area contributed by atoms with Gasteiger partial charge in [0.1, 0.15) is 0 Å². The summed E-state index contributed by atoms with van der Waals surface area (Å²) in [6, 6.07) is 23.7. The van der Waals surface area contributed by atoms with Gasteiger partial charge < -0.3 is 9.47 Å². The zero-order chi connectivity index (χ0) is 26.8. The maximum atomic E-state index is 12.9. The van der Waals surface area contributed by atoms with Crippen LogP contribution in [-0.2, 0) is 39.1 Å². The van der Waals surface area contributed by atoms with E-state index in [0.29, 0.717) is 28.8 Å². The number of aromatic nitrogens is 1. The smallest absolute Gasteiger partial charge is 0.180 e. The average molecular weight is 551 g/mol. The first-order valence-electron chi connectivity index (χ1n) is 13.1. The highest BCUT2D eigenvalue weighted by atomic mass is 32.2. The highest BCUT2D eigenvalue weighted by molar-refractivity contribution is 7.91. The fraction of sp³-hybridized carbons (Fsp3) is 0.333. The number of sulfone groups is 2. The number of nitrogens with zero attached hydrogens (tertiary/aromatic N) is 2. The fourth-order valence-electron chi connectivity index (χ4n) is 5.37. The van der Waals surface area contributed by atoms with Crippen molar-refractivity contribution in [3.8, 4) is 0 Å². The number of rotatable bonds is 10. The van der Waals surface area contributed by atoms with Crippen LogP contribution in [0.15, 0.2) is 94.9 Å². The van der Waals surface area contributed by atoms with Crippen LogP contribution in [0.2, 0.25) is 0 Å². The Bertz CT molecular complexity index is 1610. The molecular formula is C30H34N2O4S2. The average Bonchev–Trinajstić information content (AvgIpc) is 3.50. The lowest BCUT2D eigenvalue weighted by Crippen LogP contribution is -2.26. The molecule has 0 unspecified atom stereocenters. The summed E-state index contributed by atoms with van der Waals surface area (Å²) >= 11 is 0. The molecule has 8 heteroatoms. The van der Waals surface area contributed by atoms with Crippen molar-refractivity contribution in [3.05, 3.63) is 96.2 Å². The van der Waals surface area contributed by atoms with Crippen molar-refractivity contribution in [2.45, 2.75) is 48.1 Å². The molecule has 0 amide bonds. The van der Waals surface area contributed by atoms with Gasteiger partial charge in [0, 0.05) is 29.7 Å². The van der Waals surface area contributed by atoms with Gasteiger partial charge in [-0.25, -0.2) is 16.8 Å². The lowest BCUT2D eigenvalue weighted by atomic mass is 10.0. The maximum absolute atomic E-state index is 12.9. The molecular weight excluding hydrogens is 516 g/mol. The predicted octanol–water partition coefficient (Wildman–Crippen LogP) is 4.77. The van der Waals surface area contributed by atoms with Crippen LogP contribution in [0, 0.1) is 0 Å². The van der Waals surface area contributed by atoms with Gasteiger partial charge >= 0.3 is 0 Å². The highest BCUT2D eigenvalue weighted by Crippen LogP contribution is 2.28. The van der Waals surface area contributed by atoms with E-state index in [1.54, 1.807) is 48.5 Å². The van der Waals surface area contributed by atoms with Crippen LogP contribution in [0.5, 0.6) is 0 Å². The molecule has 1 aliphatic rings. The summed E-state index contributed by atoms with van der Waals surface area (Å²) in [7, 11) is -4.62. The van der Waals surface area contributed by atoms with Gasteiger partial charge in [0.25, 0.3) is 0 Å². The minimum Gasteiger partial charge on any atom is -0.346 e. The Kier molecular flexibility index (Phi) is 7.75. The van der Waals surface area contributed by atoms with Crippen molar-refractivity contribution < 1.29 is 16.8 Å². The van der Waals surface area contributed by atoms with E-state index in [1.807, 2.05) is 28.8 Å². The minimum atomic E-state index is -3.40. The lowest BCUT2D eigenvalue weighted by molar-refractivity contribution is 0.309. The molecule has 0 N–H and O–H groups in total. The van der Waals surface area contributed by atoms with Gasteiger partial charge in [-0.05, 0) is 86.8 Å². The predicted molar refractivity (Wildman–Crippen MR) is 152 cm³/mol. The van der Waals surface area contributed by atoms with E-state index in [0.717, 1.165) is 35.9 Å². The molecule has 5 rings (SSSR count). The zero-order valence-corrected chi connectivity index (χ0v) is 23.3. The van der Waals surface area contributed by atoms with Crippen LogP contribution < -0.4 is 0 Å².